The molecule has 94 valence electrons. The van der Waals surface area contributed by atoms with Crippen LogP contribution >= 0.6 is 15.9 Å². The summed E-state index contributed by atoms with van der Waals surface area (Å²) in [6.07, 6.45) is 0. The minimum Gasteiger partial charge on any atom is -0.304 e. The summed E-state index contributed by atoms with van der Waals surface area (Å²) in [7, 11) is 0. The number of rotatable bonds is 0. The minimum absolute atomic E-state index is 0.196. The number of carbonyl (C=O) groups is 1. The van der Waals surface area contributed by atoms with Gasteiger partial charge in [-0.05, 0) is 41.9 Å². The molecule has 2 aliphatic rings. The van der Waals surface area contributed by atoms with Gasteiger partial charge < -0.3 is 5.32 Å². The van der Waals surface area contributed by atoms with Crippen molar-refractivity contribution in [3.8, 4) is 0 Å². The second-order valence-corrected chi connectivity index (χ2v) is 5.90. The Morgan fingerprint density at radius 1 is 1.50 bits per heavy atom. The number of fused-ring (bicyclic) bond motifs is 3. The molecule has 4 nitrogen and oxygen atoms in total. The molecular weight excluding hydrogens is 301 g/mol. The highest BCUT2D eigenvalue weighted by atomic mass is 79.9. The first-order valence-corrected chi connectivity index (χ1v) is 6.35. The van der Waals surface area contributed by atoms with Crippen LogP contribution < -0.4 is 5.32 Å². The Bertz CT molecular complexity index is 597. The summed E-state index contributed by atoms with van der Waals surface area (Å²) < 4.78 is 14.3. The average Bonchev–Trinajstić information content (AvgIpc) is 2.61. The van der Waals surface area contributed by atoms with Crippen LogP contribution in [0.25, 0.3) is 0 Å². The zero-order chi connectivity index (χ0) is 13.1. The second-order valence-electron chi connectivity index (χ2n) is 5.05. The molecule has 0 unspecified atom stereocenters. The van der Waals surface area contributed by atoms with E-state index in [0.717, 1.165) is 0 Å². The molecule has 2 heterocycles. The quantitative estimate of drug-likeness (QED) is 0.786. The van der Waals surface area contributed by atoms with Crippen molar-refractivity contribution < 1.29 is 9.18 Å². The summed E-state index contributed by atoms with van der Waals surface area (Å²) in [6, 6.07) is 3.05. The lowest BCUT2D eigenvalue weighted by molar-refractivity contribution is 0.231. The Kier molecular flexibility index (Phi) is 2.29. The second kappa shape index (κ2) is 3.54. The van der Waals surface area contributed by atoms with Gasteiger partial charge in [0, 0.05) is 5.56 Å². The van der Waals surface area contributed by atoms with Gasteiger partial charge in [-0.3, -0.25) is 9.89 Å². The lowest BCUT2D eigenvalue weighted by Crippen LogP contribution is -2.44. The molecule has 2 aliphatic heterocycles. The topological polar surface area (TPSA) is 44.7 Å². The molecule has 0 bridgehead atoms. The number of hydrogen-bond acceptors (Lipinski definition) is 2. The Morgan fingerprint density at radius 2 is 2.22 bits per heavy atom. The van der Waals surface area contributed by atoms with E-state index >= 15 is 0 Å². The highest BCUT2D eigenvalue weighted by molar-refractivity contribution is 9.10. The first-order valence-electron chi connectivity index (χ1n) is 5.56. The minimum atomic E-state index is -0.465. The summed E-state index contributed by atoms with van der Waals surface area (Å²) in [5.41, 5.74) is 0.487. The van der Waals surface area contributed by atoms with Crippen molar-refractivity contribution in [2.45, 2.75) is 19.4 Å². The van der Waals surface area contributed by atoms with Crippen LogP contribution in [0.3, 0.4) is 0 Å². The molecule has 0 saturated heterocycles. The maximum absolute atomic E-state index is 14.0. The van der Waals surface area contributed by atoms with Crippen molar-refractivity contribution in [1.29, 1.82) is 0 Å². The third-order valence-corrected chi connectivity index (χ3v) is 3.63. The number of amidine groups is 1. The number of carbonyl (C=O) groups excluding carboxylic acids is 1. The summed E-state index contributed by atoms with van der Waals surface area (Å²) in [4.78, 5) is 18.0. The van der Waals surface area contributed by atoms with Gasteiger partial charge in [-0.1, -0.05) is 0 Å². The number of nitrogens with one attached hydrogen (secondary N) is 1. The van der Waals surface area contributed by atoms with E-state index in [4.69, 9.17) is 0 Å². The van der Waals surface area contributed by atoms with Gasteiger partial charge >= 0.3 is 6.03 Å². The molecule has 3 rings (SSSR count). The zero-order valence-electron chi connectivity index (χ0n) is 9.92. The van der Waals surface area contributed by atoms with E-state index in [9.17, 15) is 9.18 Å². The summed E-state index contributed by atoms with van der Waals surface area (Å²) in [5, 5.41) is 2.58. The van der Waals surface area contributed by atoms with Crippen molar-refractivity contribution in [1.82, 2.24) is 4.90 Å². The number of halogens is 2. The van der Waals surface area contributed by atoms with Crippen molar-refractivity contribution in [2.24, 2.45) is 4.99 Å². The summed E-state index contributed by atoms with van der Waals surface area (Å²) in [6.45, 7) is 4.40. The van der Waals surface area contributed by atoms with Crippen LogP contribution in [0, 0.1) is 5.82 Å². The Morgan fingerprint density at radius 3 is 2.94 bits per heavy atom. The van der Waals surface area contributed by atoms with Crippen LogP contribution in [0.2, 0.25) is 0 Å². The average molecular weight is 312 g/mol. The monoisotopic (exact) mass is 311 g/mol. The fourth-order valence-electron chi connectivity index (χ4n) is 2.25. The van der Waals surface area contributed by atoms with Crippen molar-refractivity contribution in [3.05, 3.63) is 28.0 Å². The molecule has 18 heavy (non-hydrogen) atoms. The molecule has 0 aliphatic carbocycles. The first kappa shape index (κ1) is 11.6. The number of amides is 2. The lowest BCUT2D eigenvalue weighted by Gasteiger charge is -2.27. The number of hydrogen-bond donors (Lipinski definition) is 1. The Balaban J connectivity index is 2.23. The van der Waals surface area contributed by atoms with E-state index in [1.807, 2.05) is 13.8 Å². The van der Waals surface area contributed by atoms with Gasteiger partial charge in [-0.25, -0.2) is 9.18 Å². The van der Waals surface area contributed by atoms with Crippen LogP contribution in [0.1, 0.15) is 19.4 Å². The van der Waals surface area contributed by atoms with Gasteiger partial charge in [0.2, 0.25) is 0 Å². The van der Waals surface area contributed by atoms with Gasteiger partial charge in [0.15, 0.2) is 5.82 Å². The maximum Gasteiger partial charge on any atom is 0.327 e. The highest BCUT2D eigenvalue weighted by Crippen LogP contribution is 2.35. The first-order chi connectivity index (χ1) is 8.39. The Labute approximate surface area is 112 Å². The predicted molar refractivity (Wildman–Crippen MR) is 70.4 cm³/mol. The lowest BCUT2D eigenvalue weighted by atomic mass is 10.1. The van der Waals surface area contributed by atoms with Gasteiger partial charge in [-0.15, -0.1) is 0 Å². The van der Waals surface area contributed by atoms with Crippen molar-refractivity contribution in [3.63, 3.8) is 0 Å². The molecule has 0 atom stereocenters. The molecule has 1 aromatic carbocycles. The Hall–Kier alpha value is -1.43. The third-order valence-electron chi connectivity index (χ3n) is 3.02. The number of anilines is 1. The van der Waals surface area contributed by atoms with Crippen LogP contribution in [-0.4, -0.2) is 28.9 Å². The zero-order valence-corrected chi connectivity index (χ0v) is 11.5. The van der Waals surface area contributed by atoms with Crippen LogP contribution in [0.15, 0.2) is 21.6 Å². The molecule has 2 amide bonds. The van der Waals surface area contributed by atoms with E-state index in [-0.39, 0.29) is 17.3 Å². The van der Waals surface area contributed by atoms with E-state index in [1.165, 1.54) is 0 Å². The smallest absolute Gasteiger partial charge is 0.304 e. The van der Waals surface area contributed by atoms with E-state index in [0.29, 0.717) is 22.4 Å². The van der Waals surface area contributed by atoms with Crippen LogP contribution in [0.4, 0.5) is 14.9 Å². The molecule has 1 aromatic rings. The molecular formula is C12H11BrFN3O. The molecule has 6 heteroatoms. The third kappa shape index (κ3) is 1.55. The molecule has 1 N–H and O–H groups in total. The van der Waals surface area contributed by atoms with Crippen molar-refractivity contribution in [2.75, 3.05) is 11.9 Å². The molecule has 0 saturated carbocycles. The number of nitrogens with zero attached hydrogens (tertiary/aromatic N) is 2. The number of benzene rings is 1. The van der Waals surface area contributed by atoms with E-state index in [2.05, 4.69) is 26.2 Å². The number of aliphatic imine (C=N–C) groups is 1. The SMILES string of the molecule is CC1(C)CN2C(=O)Nc3c(ccc(Br)c3F)C2=N1. The van der Waals surface area contributed by atoms with Crippen molar-refractivity contribution >= 4 is 33.5 Å². The molecule has 0 fully saturated rings. The van der Waals surface area contributed by atoms with Gasteiger partial charge in [-0.2, -0.15) is 0 Å². The standard InChI is InChI=1S/C12H11BrFN3O/c1-12(2)5-17-10(16-12)6-3-4-7(13)8(14)9(6)15-11(17)18/h3-4H,5H2,1-2H3,(H,15,18). The highest BCUT2D eigenvalue weighted by Gasteiger charge is 2.40. The van der Waals surface area contributed by atoms with Crippen LogP contribution in [0.5, 0.6) is 0 Å². The van der Waals surface area contributed by atoms with Gasteiger partial charge in [0.1, 0.15) is 5.84 Å². The largest absolute Gasteiger partial charge is 0.327 e. The van der Waals surface area contributed by atoms with E-state index in [1.54, 1.807) is 17.0 Å². The number of urea groups is 1. The molecule has 0 spiro atoms. The maximum atomic E-state index is 14.0. The van der Waals surface area contributed by atoms with Gasteiger partial charge in [0.05, 0.1) is 22.2 Å². The fourth-order valence-corrected chi connectivity index (χ4v) is 2.58. The summed E-state index contributed by atoms with van der Waals surface area (Å²) in [5.74, 6) is 0.0815. The van der Waals surface area contributed by atoms with Gasteiger partial charge in [0.25, 0.3) is 0 Å². The molecule has 0 aromatic heterocycles. The fraction of sp³-hybridized carbons (Fsp3) is 0.333. The predicted octanol–water partition coefficient (Wildman–Crippen LogP) is 2.97. The van der Waals surface area contributed by atoms with E-state index < -0.39 is 5.82 Å². The van der Waals surface area contributed by atoms with Crippen LogP contribution in [-0.2, 0) is 0 Å². The summed E-state index contributed by atoms with van der Waals surface area (Å²) >= 11 is 3.11. The molecule has 0 radical (unpaired) electrons. The normalized spacial score (nSPS) is 20.1.